The molecule has 0 aliphatic heterocycles. The minimum atomic E-state index is -1.12. The van der Waals surface area contributed by atoms with Crippen LogP contribution in [0.4, 0.5) is 4.39 Å². The van der Waals surface area contributed by atoms with Crippen LogP contribution >= 0.6 is 11.6 Å². The Kier molecular flexibility index (Phi) is 2.65. The van der Waals surface area contributed by atoms with Crippen LogP contribution in [0, 0.1) is 5.82 Å². The lowest BCUT2D eigenvalue weighted by Crippen LogP contribution is -2.23. The molecular weight excluding hydrogens is 251 g/mol. The summed E-state index contributed by atoms with van der Waals surface area (Å²) < 4.78 is 13.7. The van der Waals surface area contributed by atoms with Gasteiger partial charge in [0, 0.05) is 5.02 Å². The number of fused-ring (bicyclic) bond motifs is 1. The van der Waals surface area contributed by atoms with Crippen molar-refractivity contribution in [2.45, 2.75) is 18.4 Å². The molecule has 3 heteroatoms. The van der Waals surface area contributed by atoms with Crippen LogP contribution in [0.5, 0.6) is 0 Å². The van der Waals surface area contributed by atoms with E-state index in [1.807, 2.05) is 6.07 Å². The first-order chi connectivity index (χ1) is 8.61. The molecule has 2 aromatic rings. The van der Waals surface area contributed by atoms with Crippen molar-refractivity contribution in [2.24, 2.45) is 0 Å². The third-order valence-corrected chi connectivity index (χ3v) is 3.84. The minimum absolute atomic E-state index is 0.245. The van der Waals surface area contributed by atoms with E-state index in [-0.39, 0.29) is 5.82 Å². The number of halogens is 2. The Morgan fingerprint density at radius 2 is 1.94 bits per heavy atom. The molecule has 0 aromatic heterocycles. The quantitative estimate of drug-likeness (QED) is 0.832. The molecule has 0 fully saturated rings. The van der Waals surface area contributed by atoms with Gasteiger partial charge in [-0.1, -0.05) is 35.9 Å². The molecule has 0 saturated carbocycles. The topological polar surface area (TPSA) is 20.2 Å². The molecule has 2 aromatic carbocycles. The van der Waals surface area contributed by atoms with E-state index < -0.39 is 5.60 Å². The van der Waals surface area contributed by atoms with E-state index in [2.05, 4.69) is 0 Å². The smallest absolute Gasteiger partial charge is 0.126 e. The van der Waals surface area contributed by atoms with Crippen molar-refractivity contribution in [3.63, 3.8) is 0 Å². The van der Waals surface area contributed by atoms with E-state index in [4.69, 9.17) is 11.6 Å². The molecule has 1 atom stereocenters. The van der Waals surface area contributed by atoms with Crippen LogP contribution in [-0.4, -0.2) is 5.11 Å². The third-order valence-electron chi connectivity index (χ3n) is 3.60. The number of hydrogen-bond donors (Lipinski definition) is 1. The highest BCUT2D eigenvalue weighted by molar-refractivity contribution is 6.30. The van der Waals surface area contributed by atoms with Crippen molar-refractivity contribution in [3.8, 4) is 0 Å². The summed E-state index contributed by atoms with van der Waals surface area (Å²) in [5, 5.41) is 11.4. The first-order valence-corrected chi connectivity index (χ1v) is 6.25. The van der Waals surface area contributed by atoms with Gasteiger partial charge in [-0.2, -0.15) is 0 Å². The zero-order valence-corrected chi connectivity index (χ0v) is 10.4. The maximum absolute atomic E-state index is 13.7. The average molecular weight is 263 g/mol. The van der Waals surface area contributed by atoms with Crippen molar-refractivity contribution >= 4 is 11.6 Å². The van der Waals surface area contributed by atoms with Crippen LogP contribution in [0.2, 0.25) is 5.02 Å². The predicted molar refractivity (Wildman–Crippen MR) is 69.2 cm³/mol. The summed E-state index contributed by atoms with van der Waals surface area (Å²) in [6, 6.07) is 12.0. The van der Waals surface area contributed by atoms with Gasteiger partial charge < -0.3 is 5.11 Å². The number of rotatable bonds is 1. The summed E-state index contributed by atoms with van der Waals surface area (Å²) in [5.41, 5.74) is 0.867. The van der Waals surface area contributed by atoms with Crippen LogP contribution in [0.1, 0.15) is 23.1 Å². The van der Waals surface area contributed by atoms with Gasteiger partial charge in [-0.25, -0.2) is 4.39 Å². The van der Waals surface area contributed by atoms with Gasteiger partial charge in [-0.3, -0.25) is 0 Å². The Morgan fingerprint density at radius 1 is 1.17 bits per heavy atom. The number of hydrogen-bond acceptors (Lipinski definition) is 1. The van der Waals surface area contributed by atoms with E-state index in [9.17, 15) is 9.50 Å². The molecule has 0 spiro atoms. The fourth-order valence-corrected chi connectivity index (χ4v) is 2.88. The van der Waals surface area contributed by atoms with E-state index >= 15 is 0 Å². The lowest BCUT2D eigenvalue weighted by atomic mass is 9.88. The maximum atomic E-state index is 13.7. The molecular formula is C15H12ClFO. The second kappa shape index (κ2) is 4.08. The lowest BCUT2D eigenvalue weighted by molar-refractivity contribution is 0.0829. The summed E-state index contributed by atoms with van der Waals surface area (Å²) >= 11 is 5.96. The van der Waals surface area contributed by atoms with Crippen molar-refractivity contribution < 1.29 is 9.50 Å². The molecule has 1 nitrogen and oxygen atoms in total. The normalized spacial score (nSPS) is 21.9. The van der Waals surface area contributed by atoms with Crippen LogP contribution in [0.25, 0.3) is 0 Å². The molecule has 0 bridgehead atoms. The summed E-state index contributed by atoms with van der Waals surface area (Å²) in [4.78, 5) is 0. The molecule has 0 amide bonds. The molecule has 1 N–H and O–H groups in total. The molecule has 1 aliphatic rings. The average Bonchev–Trinajstić information content (AvgIpc) is 2.70. The van der Waals surface area contributed by atoms with Crippen molar-refractivity contribution in [1.29, 1.82) is 0 Å². The van der Waals surface area contributed by atoms with Crippen LogP contribution in [0.15, 0.2) is 42.5 Å². The van der Waals surface area contributed by atoms with Gasteiger partial charge in [0.05, 0.1) is 0 Å². The van der Waals surface area contributed by atoms with Gasteiger partial charge in [-0.15, -0.1) is 0 Å². The molecule has 92 valence electrons. The van der Waals surface area contributed by atoms with Crippen LogP contribution in [-0.2, 0) is 12.0 Å². The van der Waals surface area contributed by atoms with Crippen LogP contribution < -0.4 is 0 Å². The van der Waals surface area contributed by atoms with E-state index in [0.717, 1.165) is 5.56 Å². The fraction of sp³-hybridized carbons (Fsp3) is 0.200. The Balaban J connectivity index is 2.17. The van der Waals surface area contributed by atoms with E-state index in [1.165, 1.54) is 6.07 Å². The molecule has 1 aliphatic carbocycles. The first-order valence-electron chi connectivity index (χ1n) is 5.87. The molecule has 0 heterocycles. The lowest BCUT2D eigenvalue weighted by Gasteiger charge is -2.24. The van der Waals surface area contributed by atoms with Gasteiger partial charge in [0.25, 0.3) is 0 Å². The second-order valence-corrected chi connectivity index (χ2v) is 5.07. The van der Waals surface area contributed by atoms with Gasteiger partial charge in [0.1, 0.15) is 11.4 Å². The summed E-state index contributed by atoms with van der Waals surface area (Å²) in [5.74, 6) is -0.245. The molecule has 18 heavy (non-hydrogen) atoms. The first kappa shape index (κ1) is 11.7. The molecule has 0 saturated heterocycles. The summed E-state index contributed by atoms with van der Waals surface area (Å²) in [7, 11) is 0. The fourth-order valence-electron chi connectivity index (χ4n) is 2.69. The van der Waals surface area contributed by atoms with Crippen molar-refractivity contribution in [2.75, 3.05) is 0 Å². The van der Waals surface area contributed by atoms with Gasteiger partial charge in [-0.05, 0) is 47.7 Å². The number of aliphatic hydroxyl groups is 1. The number of benzene rings is 2. The Morgan fingerprint density at radius 3 is 2.72 bits per heavy atom. The monoisotopic (exact) mass is 262 g/mol. The molecule has 0 radical (unpaired) electrons. The van der Waals surface area contributed by atoms with Gasteiger partial charge >= 0.3 is 0 Å². The van der Waals surface area contributed by atoms with Crippen molar-refractivity contribution in [1.82, 2.24) is 0 Å². The largest absolute Gasteiger partial charge is 0.380 e. The molecule has 3 rings (SSSR count). The third kappa shape index (κ3) is 1.64. The van der Waals surface area contributed by atoms with Crippen LogP contribution in [0.3, 0.4) is 0 Å². The highest BCUT2D eigenvalue weighted by Crippen LogP contribution is 2.43. The zero-order chi connectivity index (χ0) is 12.8. The standard InChI is InChI=1S/C15H12ClFO/c16-11-4-1-3-10(9-11)15(18)8-7-12-13(15)5-2-6-14(12)17/h1-6,9,18H,7-8H2. The van der Waals surface area contributed by atoms with Crippen molar-refractivity contribution in [3.05, 3.63) is 70.0 Å². The van der Waals surface area contributed by atoms with E-state index in [1.54, 1.807) is 30.3 Å². The Hall–Kier alpha value is -1.38. The summed E-state index contributed by atoms with van der Waals surface area (Å²) in [6.07, 6.45) is 1.04. The molecule has 1 unspecified atom stereocenters. The SMILES string of the molecule is OC1(c2cccc(Cl)c2)CCc2c(F)cccc21. The van der Waals surface area contributed by atoms with Gasteiger partial charge in [0.2, 0.25) is 0 Å². The Bertz CT molecular complexity index is 611. The highest BCUT2D eigenvalue weighted by atomic mass is 35.5. The maximum Gasteiger partial charge on any atom is 0.126 e. The predicted octanol–water partition coefficient (Wildman–Crippen LogP) is 3.66. The van der Waals surface area contributed by atoms with E-state index in [0.29, 0.717) is 29.0 Å². The highest BCUT2D eigenvalue weighted by Gasteiger charge is 2.39. The summed E-state index contributed by atoms with van der Waals surface area (Å²) in [6.45, 7) is 0. The Labute approximate surface area is 110 Å². The zero-order valence-electron chi connectivity index (χ0n) is 9.66. The minimum Gasteiger partial charge on any atom is -0.380 e. The van der Waals surface area contributed by atoms with Gasteiger partial charge in [0.15, 0.2) is 0 Å². The second-order valence-electron chi connectivity index (χ2n) is 4.64.